The molecule has 0 atom stereocenters. The summed E-state index contributed by atoms with van der Waals surface area (Å²) < 4.78 is 25.9. The van der Waals surface area contributed by atoms with Gasteiger partial charge in [-0.1, -0.05) is 0 Å². The second-order valence-electron chi connectivity index (χ2n) is 4.17. The van der Waals surface area contributed by atoms with Gasteiger partial charge in [0.1, 0.15) is 11.3 Å². The van der Waals surface area contributed by atoms with Gasteiger partial charge in [0.25, 0.3) is 10.0 Å². The predicted octanol–water partition coefficient (Wildman–Crippen LogP) is 1.31. The van der Waals surface area contributed by atoms with Crippen molar-refractivity contribution in [2.24, 2.45) is 0 Å². The van der Waals surface area contributed by atoms with E-state index < -0.39 is 27.3 Å². The van der Waals surface area contributed by atoms with Crippen LogP contribution < -0.4 is 4.31 Å². The molecule has 0 fully saturated rings. The summed E-state index contributed by atoms with van der Waals surface area (Å²) in [6, 6.07) is 6.24. The Bertz CT molecular complexity index is 774. The van der Waals surface area contributed by atoms with Crippen molar-refractivity contribution in [1.82, 2.24) is 4.98 Å². The van der Waals surface area contributed by atoms with E-state index in [0.29, 0.717) is 5.69 Å². The maximum atomic E-state index is 12.4. The van der Waals surface area contributed by atoms with Crippen molar-refractivity contribution < 1.29 is 23.4 Å². The number of phenols is 1. The van der Waals surface area contributed by atoms with E-state index in [0.717, 1.165) is 22.5 Å². The van der Waals surface area contributed by atoms with Crippen molar-refractivity contribution >= 4 is 21.7 Å². The minimum absolute atomic E-state index is 0.232. The van der Waals surface area contributed by atoms with Crippen LogP contribution in [0.1, 0.15) is 10.4 Å². The first-order valence-corrected chi connectivity index (χ1v) is 7.23. The van der Waals surface area contributed by atoms with Gasteiger partial charge in [-0.05, 0) is 30.3 Å². The molecule has 0 saturated heterocycles. The Labute approximate surface area is 121 Å². The number of aromatic hydroxyl groups is 1. The number of anilines is 1. The van der Waals surface area contributed by atoms with Gasteiger partial charge >= 0.3 is 5.97 Å². The van der Waals surface area contributed by atoms with E-state index in [2.05, 4.69) is 4.98 Å². The van der Waals surface area contributed by atoms with Crippen molar-refractivity contribution in [3.8, 4) is 5.75 Å². The fraction of sp³-hybridized carbons (Fsp3) is 0.0769. The number of carboxylic acid groups (broad SMARTS) is 1. The number of benzene rings is 1. The molecule has 8 heteroatoms. The molecule has 0 aliphatic carbocycles. The van der Waals surface area contributed by atoms with Gasteiger partial charge in [0.2, 0.25) is 0 Å². The standard InChI is InChI=1S/C13H12N2O5S/c1-15(9-3-2-6-14-8-9)21(19,20)10-4-5-12(16)11(7-10)13(17)18/h2-8,16H,1H3,(H,17,18). The summed E-state index contributed by atoms with van der Waals surface area (Å²) in [5.41, 5.74) is -0.141. The van der Waals surface area contributed by atoms with Crippen molar-refractivity contribution in [2.75, 3.05) is 11.4 Å². The van der Waals surface area contributed by atoms with Gasteiger partial charge in [-0.2, -0.15) is 0 Å². The van der Waals surface area contributed by atoms with E-state index in [9.17, 15) is 18.3 Å². The van der Waals surface area contributed by atoms with Crippen LogP contribution in [0.3, 0.4) is 0 Å². The molecule has 1 heterocycles. The van der Waals surface area contributed by atoms with Crippen LogP contribution in [0.4, 0.5) is 5.69 Å². The minimum Gasteiger partial charge on any atom is -0.507 e. The molecule has 0 spiro atoms. The minimum atomic E-state index is -3.95. The maximum absolute atomic E-state index is 12.4. The molecule has 2 N–H and O–H groups in total. The zero-order valence-corrected chi connectivity index (χ0v) is 11.8. The van der Waals surface area contributed by atoms with Crippen molar-refractivity contribution in [2.45, 2.75) is 4.90 Å². The SMILES string of the molecule is CN(c1cccnc1)S(=O)(=O)c1ccc(O)c(C(=O)O)c1. The summed E-state index contributed by atoms with van der Waals surface area (Å²) in [5, 5.41) is 18.4. The number of hydrogen-bond acceptors (Lipinski definition) is 5. The fourth-order valence-corrected chi connectivity index (χ4v) is 2.89. The Hall–Kier alpha value is -2.61. The maximum Gasteiger partial charge on any atom is 0.339 e. The van der Waals surface area contributed by atoms with Crippen molar-refractivity contribution in [3.05, 3.63) is 48.3 Å². The van der Waals surface area contributed by atoms with Crippen LogP contribution in [0, 0.1) is 0 Å². The number of aromatic nitrogens is 1. The van der Waals surface area contributed by atoms with Crippen LogP contribution in [-0.4, -0.2) is 36.6 Å². The summed E-state index contributed by atoms with van der Waals surface area (Å²) in [6.07, 6.45) is 2.88. The normalized spacial score (nSPS) is 11.1. The molecule has 110 valence electrons. The topological polar surface area (TPSA) is 108 Å². The monoisotopic (exact) mass is 308 g/mol. The summed E-state index contributed by atoms with van der Waals surface area (Å²) in [6.45, 7) is 0. The van der Waals surface area contributed by atoms with Gasteiger partial charge < -0.3 is 10.2 Å². The molecule has 1 aromatic carbocycles. The quantitative estimate of drug-likeness (QED) is 0.881. The lowest BCUT2D eigenvalue weighted by molar-refractivity contribution is 0.0693. The van der Waals surface area contributed by atoms with E-state index in [4.69, 9.17) is 5.11 Å². The molecule has 1 aromatic heterocycles. The van der Waals surface area contributed by atoms with Gasteiger partial charge in [0, 0.05) is 13.2 Å². The number of rotatable bonds is 4. The zero-order chi connectivity index (χ0) is 15.6. The van der Waals surface area contributed by atoms with Gasteiger partial charge in [0.05, 0.1) is 16.8 Å². The Morgan fingerprint density at radius 3 is 2.57 bits per heavy atom. The number of aromatic carboxylic acids is 1. The van der Waals surface area contributed by atoms with Crippen LogP contribution in [0.2, 0.25) is 0 Å². The van der Waals surface area contributed by atoms with Crippen LogP contribution in [0.5, 0.6) is 5.75 Å². The molecule has 2 rings (SSSR count). The van der Waals surface area contributed by atoms with E-state index in [1.165, 1.54) is 19.4 Å². The average Bonchev–Trinajstić information content (AvgIpc) is 2.47. The molecule has 0 aliphatic rings. The third-order valence-corrected chi connectivity index (χ3v) is 4.65. The molecule has 2 aromatic rings. The molecular weight excluding hydrogens is 296 g/mol. The number of hydrogen-bond donors (Lipinski definition) is 2. The lowest BCUT2D eigenvalue weighted by Gasteiger charge is -2.19. The number of carboxylic acids is 1. The van der Waals surface area contributed by atoms with Crippen LogP contribution in [0.15, 0.2) is 47.6 Å². The third-order valence-electron chi connectivity index (χ3n) is 2.87. The molecular formula is C13H12N2O5S. The largest absolute Gasteiger partial charge is 0.507 e. The van der Waals surface area contributed by atoms with E-state index >= 15 is 0 Å². The summed E-state index contributed by atoms with van der Waals surface area (Å²) in [7, 11) is -2.61. The average molecular weight is 308 g/mol. The second kappa shape index (κ2) is 5.41. The molecule has 0 radical (unpaired) electrons. The number of sulfonamides is 1. The van der Waals surface area contributed by atoms with Gasteiger partial charge in [-0.15, -0.1) is 0 Å². The molecule has 0 aliphatic heterocycles. The highest BCUT2D eigenvalue weighted by Gasteiger charge is 2.23. The van der Waals surface area contributed by atoms with Crippen LogP contribution in [-0.2, 0) is 10.0 Å². The van der Waals surface area contributed by atoms with Crippen molar-refractivity contribution in [3.63, 3.8) is 0 Å². The van der Waals surface area contributed by atoms with E-state index in [1.54, 1.807) is 12.1 Å². The lowest BCUT2D eigenvalue weighted by Crippen LogP contribution is -2.26. The summed E-state index contributed by atoms with van der Waals surface area (Å²) in [5.74, 6) is -1.90. The molecule has 0 bridgehead atoms. The molecule has 0 saturated carbocycles. The first kappa shape index (κ1) is 14.8. The smallest absolute Gasteiger partial charge is 0.339 e. The Morgan fingerprint density at radius 1 is 1.29 bits per heavy atom. The fourth-order valence-electron chi connectivity index (χ4n) is 1.68. The number of nitrogens with zero attached hydrogens (tertiary/aromatic N) is 2. The predicted molar refractivity (Wildman–Crippen MR) is 74.9 cm³/mol. The van der Waals surface area contributed by atoms with Gasteiger partial charge in [-0.25, -0.2) is 13.2 Å². The highest BCUT2D eigenvalue weighted by molar-refractivity contribution is 7.92. The Balaban J connectivity index is 2.50. The highest BCUT2D eigenvalue weighted by Crippen LogP contribution is 2.25. The van der Waals surface area contributed by atoms with Crippen LogP contribution >= 0.6 is 0 Å². The van der Waals surface area contributed by atoms with Gasteiger partial charge in [-0.3, -0.25) is 9.29 Å². The van der Waals surface area contributed by atoms with E-state index in [-0.39, 0.29) is 4.90 Å². The molecule has 21 heavy (non-hydrogen) atoms. The first-order valence-electron chi connectivity index (χ1n) is 5.79. The number of carbonyl (C=O) groups is 1. The zero-order valence-electron chi connectivity index (χ0n) is 11.0. The summed E-state index contributed by atoms with van der Waals surface area (Å²) in [4.78, 5) is 14.6. The van der Waals surface area contributed by atoms with Gasteiger partial charge in [0.15, 0.2) is 0 Å². The van der Waals surface area contributed by atoms with Crippen LogP contribution in [0.25, 0.3) is 0 Å². The molecule has 7 nitrogen and oxygen atoms in total. The number of pyridine rings is 1. The Morgan fingerprint density at radius 2 is 2.00 bits per heavy atom. The summed E-state index contributed by atoms with van der Waals surface area (Å²) >= 11 is 0. The highest BCUT2D eigenvalue weighted by atomic mass is 32.2. The lowest BCUT2D eigenvalue weighted by atomic mass is 10.2. The van der Waals surface area contributed by atoms with Crippen molar-refractivity contribution in [1.29, 1.82) is 0 Å². The van der Waals surface area contributed by atoms with E-state index in [1.807, 2.05) is 0 Å². The second-order valence-corrected chi connectivity index (χ2v) is 6.14. The molecule has 0 unspecified atom stereocenters. The first-order chi connectivity index (χ1) is 9.84. The molecule has 0 amide bonds. The third kappa shape index (κ3) is 2.79. The Kier molecular flexibility index (Phi) is 3.81.